The van der Waals surface area contributed by atoms with Gasteiger partial charge in [0.1, 0.15) is 12.1 Å². The second-order valence-corrected chi connectivity index (χ2v) is 4.71. The molecule has 1 atom stereocenters. The minimum atomic E-state index is 0.137. The second-order valence-electron chi connectivity index (χ2n) is 4.71. The van der Waals surface area contributed by atoms with Crippen LogP contribution in [0.1, 0.15) is 5.69 Å². The third kappa shape index (κ3) is 3.52. The molecule has 0 aromatic carbocycles. The van der Waals surface area contributed by atoms with E-state index in [2.05, 4.69) is 25.6 Å². The molecular formula is C13H17N5O2. The molecule has 1 N–H and O–H groups in total. The molecule has 7 heteroatoms. The number of hydrogen-bond acceptors (Lipinski definition) is 7. The number of hydrogen-bond donors (Lipinski definition) is 1. The molecule has 1 aliphatic rings. The number of morpholine rings is 1. The molecule has 1 fully saturated rings. The minimum absolute atomic E-state index is 0.137. The van der Waals surface area contributed by atoms with Crippen LogP contribution >= 0.6 is 0 Å². The number of anilines is 1. The lowest BCUT2D eigenvalue weighted by Gasteiger charge is -2.32. The number of rotatable bonds is 5. The second kappa shape index (κ2) is 6.44. The van der Waals surface area contributed by atoms with Crippen LogP contribution in [0.25, 0.3) is 0 Å². The Balaban J connectivity index is 1.48. The van der Waals surface area contributed by atoms with Gasteiger partial charge in [0.25, 0.3) is 0 Å². The van der Waals surface area contributed by atoms with E-state index >= 15 is 0 Å². The zero-order chi connectivity index (χ0) is 13.6. The number of ether oxygens (including phenoxy) is 1. The van der Waals surface area contributed by atoms with E-state index in [-0.39, 0.29) is 6.10 Å². The van der Waals surface area contributed by atoms with Crippen molar-refractivity contribution in [3.05, 3.63) is 36.4 Å². The Morgan fingerprint density at radius 3 is 3.20 bits per heavy atom. The molecule has 2 aromatic rings. The van der Waals surface area contributed by atoms with Gasteiger partial charge in [0, 0.05) is 38.4 Å². The Bertz CT molecular complexity index is 505. The molecular weight excluding hydrogens is 258 g/mol. The van der Waals surface area contributed by atoms with E-state index in [9.17, 15) is 0 Å². The van der Waals surface area contributed by atoms with Gasteiger partial charge in [0.2, 0.25) is 0 Å². The van der Waals surface area contributed by atoms with Crippen molar-refractivity contribution < 1.29 is 9.26 Å². The zero-order valence-electron chi connectivity index (χ0n) is 11.1. The van der Waals surface area contributed by atoms with Gasteiger partial charge < -0.3 is 14.6 Å². The topological polar surface area (TPSA) is 76.3 Å². The minimum Gasteiger partial charge on any atom is -0.374 e. The van der Waals surface area contributed by atoms with Crippen molar-refractivity contribution in [3.63, 3.8) is 0 Å². The maximum atomic E-state index is 5.75. The van der Waals surface area contributed by atoms with Crippen molar-refractivity contribution in [3.8, 4) is 0 Å². The summed E-state index contributed by atoms with van der Waals surface area (Å²) in [5, 5.41) is 15.0. The third-order valence-electron chi connectivity index (χ3n) is 3.18. The summed E-state index contributed by atoms with van der Waals surface area (Å²) in [6.45, 7) is 4.01. The average molecular weight is 275 g/mol. The van der Waals surface area contributed by atoms with Crippen LogP contribution in [-0.4, -0.2) is 52.6 Å². The van der Waals surface area contributed by atoms with Crippen LogP contribution in [0.2, 0.25) is 0 Å². The van der Waals surface area contributed by atoms with Crippen molar-refractivity contribution in [1.82, 2.24) is 20.3 Å². The van der Waals surface area contributed by atoms with Crippen LogP contribution in [0.15, 0.2) is 35.2 Å². The molecule has 2 aromatic heterocycles. The summed E-state index contributed by atoms with van der Waals surface area (Å²) < 4.78 is 10.6. The van der Waals surface area contributed by atoms with Crippen LogP contribution in [-0.2, 0) is 11.3 Å². The van der Waals surface area contributed by atoms with E-state index in [0.29, 0.717) is 6.54 Å². The highest BCUT2D eigenvalue weighted by atomic mass is 16.5. The van der Waals surface area contributed by atoms with E-state index in [1.807, 2.05) is 18.2 Å². The molecule has 1 aliphatic heterocycles. The Morgan fingerprint density at radius 1 is 1.40 bits per heavy atom. The molecule has 3 heterocycles. The first kappa shape index (κ1) is 13.0. The van der Waals surface area contributed by atoms with Gasteiger partial charge >= 0.3 is 0 Å². The number of nitrogens with one attached hydrogen (secondary N) is 1. The van der Waals surface area contributed by atoms with Gasteiger partial charge in [-0.05, 0) is 12.1 Å². The Morgan fingerprint density at radius 2 is 2.40 bits per heavy atom. The fourth-order valence-corrected chi connectivity index (χ4v) is 2.21. The fraction of sp³-hybridized carbons (Fsp3) is 0.462. The zero-order valence-corrected chi connectivity index (χ0v) is 11.1. The Kier molecular flexibility index (Phi) is 4.19. The number of nitrogens with zero attached hydrogens (tertiary/aromatic N) is 4. The van der Waals surface area contributed by atoms with Crippen LogP contribution < -0.4 is 5.32 Å². The highest BCUT2D eigenvalue weighted by Crippen LogP contribution is 2.10. The van der Waals surface area contributed by atoms with Crippen molar-refractivity contribution in [2.45, 2.75) is 12.6 Å². The maximum Gasteiger partial charge on any atom is 0.148 e. The lowest BCUT2D eigenvalue weighted by Crippen LogP contribution is -2.44. The molecule has 20 heavy (non-hydrogen) atoms. The summed E-state index contributed by atoms with van der Waals surface area (Å²) in [4.78, 5) is 2.31. The highest BCUT2D eigenvalue weighted by molar-refractivity contribution is 5.31. The summed E-state index contributed by atoms with van der Waals surface area (Å²) in [6.07, 6.45) is 3.39. The lowest BCUT2D eigenvalue weighted by molar-refractivity contribution is -0.0246. The molecule has 7 nitrogen and oxygen atoms in total. The highest BCUT2D eigenvalue weighted by Gasteiger charge is 2.21. The summed E-state index contributed by atoms with van der Waals surface area (Å²) in [5.41, 5.74) is 0.951. The van der Waals surface area contributed by atoms with Crippen LogP contribution in [0, 0.1) is 0 Å². The lowest BCUT2D eigenvalue weighted by atomic mass is 10.2. The summed E-state index contributed by atoms with van der Waals surface area (Å²) in [6, 6.07) is 5.64. The smallest absolute Gasteiger partial charge is 0.148 e. The molecule has 3 rings (SSSR count). The monoisotopic (exact) mass is 275 g/mol. The predicted molar refractivity (Wildman–Crippen MR) is 72.0 cm³/mol. The Labute approximate surface area is 116 Å². The molecule has 0 saturated carbocycles. The quantitative estimate of drug-likeness (QED) is 0.864. The molecule has 0 amide bonds. The van der Waals surface area contributed by atoms with E-state index in [0.717, 1.165) is 37.8 Å². The van der Waals surface area contributed by atoms with Crippen molar-refractivity contribution in [2.75, 3.05) is 31.6 Å². The Hall–Kier alpha value is -1.99. The largest absolute Gasteiger partial charge is 0.374 e. The van der Waals surface area contributed by atoms with Crippen LogP contribution in [0.5, 0.6) is 0 Å². The first-order valence-corrected chi connectivity index (χ1v) is 6.65. The summed E-state index contributed by atoms with van der Waals surface area (Å²) >= 11 is 0. The van der Waals surface area contributed by atoms with Gasteiger partial charge in [-0.25, -0.2) is 0 Å². The van der Waals surface area contributed by atoms with Gasteiger partial charge in [-0.15, -0.1) is 5.10 Å². The van der Waals surface area contributed by atoms with Crippen molar-refractivity contribution in [1.29, 1.82) is 0 Å². The van der Waals surface area contributed by atoms with Crippen LogP contribution in [0.4, 0.5) is 5.82 Å². The first-order chi connectivity index (χ1) is 9.90. The summed E-state index contributed by atoms with van der Waals surface area (Å²) in [5.74, 6) is 0.768. The molecule has 0 bridgehead atoms. The number of aromatic nitrogens is 3. The molecule has 0 spiro atoms. The maximum absolute atomic E-state index is 5.75. The van der Waals surface area contributed by atoms with Crippen molar-refractivity contribution in [2.24, 2.45) is 0 Å². The van der Waals surface area contributed by atoms with E-state index in [1.165, 1.54) is 0 Å². The van der Waals surface area contributed by atoms with E-state index in [1.54, 1.807) is 12.5 Å². The van der Waals surface area contributed by atoms with Gasteiger partial charge in [-0.1, -0.05) is 5.16 Å². The SMILES string of the molecule is c1cnnc(NC[C@@H]2CN(Cc3ccon3)CCO2)c1. The molecule has 0 aliphatic carbocycles. The van der Waals surface area contributed by atoms with Crippen molar-refractivity contribution >= 4 is 5.82 Å². The van der Waals surface area contributed by atoms with Crippen LogP contribution in [0.3, 0.4) is 0 Å². The van der Waals surface area contributed by atoms with Gasteiger partial charge in [0.15, 0.2) is 0 Å². The fourth-order valence-electron chi connectivity index (χ4n) is 2.21. The van der Waals surface area contributed by atoms with E-state index < -0.39 is 0 Å². The predicted octanol–water partition coefficient (Wildman–Crippen LogP) is 0.777. The average Bonchev–Trinajstić information content (AvgIpc) is 3.00. The molecule has 0 unspecified atom stereocenters. The molecule has 1 saturated heterocycles. The first-order valence-electron chi connectivity index (χ1n) is 6.65. The normalized spacial score (nSPS) is 19.9. The van der Waals surface area contributed by atoms with Gasteiger partial charge in [-0.2, -0.15) is 5.10 Å². The third-order valence-corrected chi connectivity index (χ3v) is 3.18. The summed E-state index contributed by atoms with van der Waals surface area (Å²) in [7, 11) is 0. The van der Waals surface area contributed by atoms with Gasteiger partial charge in [-0.3, -0.25) is 4.90 Å². The standard InChI is InChI=1S/C13H17N5O2/c1-2-13(16-15-4-1)14-8-12-10-18(5-7-19-12)9-11-3-6-20-17-11/h1-4,6,12H,5,7-10H2,(H,14,16)/t12-/m1/s1. The molecule has 106 valence electrons. The van der Waals surface area contributed by atoms with Gasteiger partial charge in [0.05, 0.1) is 18.4 Å². The molecule has 0 radical (unpaired) electrons. The van der Waals surface area contributed by atoms with E-state index in [4.69, 9.17) is 9.26 Å².